The van der Waals surface area contributed by atoms with Crippen molar-refractivity contribution in [2.45, 2.75) is 38.5 Å². The minimum atomic E-state index is 0.578. The van der Waals surface area contributed by atoms with Crippen LogP contribution in [-0.4, -0.2) is 0 Å². The predicted molar refractivity (Wildman–Crippen MR) is 93.7 cm³/mol. The molecule has 0 saturated heterocycles. The van der Waals surface area contributed by atoms with Crippen LogP contribution >= 0.6 is 0 Å². The van der Waals surface area contributed by atoms with Crippen molar-refractivity contribution >= 4 is 0 Å². The summed E-state index contributed by atoms with van der Waals surface area (Å²) in [5.41, 5.74) is 4.68. The van der Waals surface area contributed by atoms with Gasteiger partial charge in [0.05, 0.1) is 0 Å². The zero-order chi connectivity index (χ0) is 14.8. The molecule has 0 N–H and O–H groups in total. The number of hydrogen-bond donors (Lipinski definition) is 0. The van der Waals surface area contributed by atoms with Gasteiger partial charge in [-0.1, -0.05) is 66.7 Å². The molecular formula is C22H24. The fourth-order valence-corrected chi connectivity index (χ4v) is 4.30. The molecule has 0 radical (unpaired) electrons. The fourth-order valence-electron chi connectivity index (χ4n) is 4.30. The Morgan fingerprint density at radius 2 is 1.68 bits per heavy atom. The van der Waals surface area contributed by atoms with E-state index in [4.69, 9.17) is 0 Å². The molecule has 2 aromatic rings. The third-order valence-corrected chi connectivity index (χ3v) is 5.60. The van der Waals surface area contributed by atoms with Gasteiger partial charge in [0.25, 0.3) is 0 Å². The van der Waals surface area contributed by atoms with Gasteiger partial charge in [-0.15, -0.1) is 0 Å². The molecule has 0 amide bonds. The molecule has 0 aliphatic heterocycles. The quantitative estimate of drug-likeness (QED) is 0.589. The first-order chi connectivity index (χ1) is 10.8. The molecule has 112 valence electrons. The van der Waals surface area contributed by atoms with Gasteiger partial charge in [-0.25, -0.2) is 0 Å². The van der Waals surface area contributed by atoms with E-state index in [9.17, 15) is 0 Å². The Hall–Kier alpha value is -1.82. The Morgan fingerprint density at radius 3 is 2.32 bits per heavy atom. The minimum absolute atomic E-state index is 0.578. The topological polar surface area (TPSA) is 0 Å². The van der Waals surface area contributed by atoms with Crippen molar-refractivity contribution in [1.29, 1.82) is 0 Å². The molecule has 1 saturated carbocycles. The van der Waals surface area contributed by atoms with E-state index in [1.807, 2.05) is 0 Å². The number of benzene rings is 2. The third-order valence-electron chi connectivity index (χ3n) is 5.60. The summed E-state index contributed by atoms with van der Waals surface area (Å²) in [5.74, 6) is 0.908. The Balaban J connectivity index is 1.35. The van der Waals surface area contributed by atoms with E-state index >= 15 is 0 Å². The van der Waals surface area contributed by atoms with Crippen molar-refractivity contribution in [3.8, 4) is 11.1 Å². The van der Waals surface area contributed by atoms with E-state index < -0.39 is 0 Å². The lowest BCUT2D eigenvalue weighted by atomic mass is 9.82. The summed E-state index contributed by atoms with van der Waals surface area (Å²) in [4.78, 5) is 0. The molecule has 22 heavy (non-hydrogen) atoms. The van der Waals surface area contributed by atoms with Crippen LogP contribution in [0.2, 0.25) is 0 Å². The molecular weight excluding hydrogens is 264 g/mol. The first-order valence-corrected chi connectivity index (χ1v) is 8.67. The van der Waals surface area contributed by atoms with Gasteiger partial charge in [0, 0.05) is 0 Å². The Morgan fingerprint density at radius 1 is 0.909 bits per heavy atom. The lowest BCUT2D eigenvalue weighted by molar-refractivity contribution is 0.359. The molecule has 2 aromatic carbocycles. The number of fused-ring (bicyclic) bond motifs is 2. The number of hydrogen-bond acceptors (Lipinski definition) is 0. The molecule has 1 fully saturated rings. The molecule has 0 heterocycles. The lowest BCUT2D eigenvalue weighted by Crippen LogP contribution is -2.11. The zero-order valence-corrected chi connectivity index (χ0v) is 13.2. The third kappa shape index (κ3) is 2.75. The molecule has 0 nitrogen and oxygen atoms in total. The highest BCUT2D eigenvalue weighted by Gasteiger charge is 2.39. The molecule has 2 atom stereocenters. The van der Waals surface area contributed by atoms with Crippen LogP contribution in [0.15, 0.2) is 66.7 Å². The largest absolute Gasteiger partial charge is 0.0848 e. The Kier molecular flexibility index (Phi) is 3.62. The average molecular weight is 288 g/mol. The Bertz CT molecular complexity index is 650. The standard InChI is InChI=1S/C22H24/c1-2-6-20(7-3-1)21-10-8-18(9-11-21)5-4-14-22-15-12-19(17-22)13-16-22/h1-3,6-12,15,19H,4-5,13-14,16-17H2. The number of rotatable bonds is 5. The van der Waals surface area contributed by atoms with E-state index in [0.29, 0.717) is 5.41 Å². The van der Waals surface area contributed by atoms with Crippen molar-refractivity contribution in [3.05, 3.63) is 72.3 Å². The smallest absolute Gasteiger partial charge is 0.0112 e. The van der Waals surface area contributed by atoms with Crippen LogP contribution in [0.4, 0.5) is 0 Å². The summed E-state index contributed by atoms with van der Waals surface area (Å²) in [6.07, 6.45) is 13.2. The number of aryl methyl sites for hydroxylation is 1. The summed E-state index contributed by atoms with van der Waals surface area (Å²) >= 11 is 0. The molecule has 2 bridgehead atoms. The van der Waals surface area contributed by atoms with E-state index in [1.54, 1.807) is 0 Å². The van der Waals surface area contributed by atoms with Crippen molar-refractivity contribution < 1.29 is 0 Å². The van der Waals surface area contributed by atoms with Crippen LogP contribution in [0.25, 0.3) is 11.1 Å². The molecule has 2 aliphatic rings. The highest BCUT2D eigenvalue weighted by Crippen LogP contribution is 2.51. The van der Waals surface area contributed by atoms with E-state index in [2.05, 4.69) is 66.7 Å². The highest BCUT2D eigenvalue weighted by molar-refractivity contribution is 5.63. The maximum absolute atomic E-state index is 2.53. The van der Waals surface area contributed by atoms with Crippen LogP contribution in [-0.2, 0) is 6.42 Å². The van der Waals surface area contributed by atoms with Crippen LogP contribution in [0.1, 0.15) is 37.7 Å². The first kappa shape index (κ1) is 13.8. The average Bonchev–Trinajstić information content (AvgIpc) is 3.17. The summed E-state index contributed by atoms with van der Waals surface area (Å²) in [7, 11) is 0. The summed E-state index contributed by atoms with van der Waals surface area (Å²) in [5, 5.41) is 0. The summed E-state index contributed by atoms with van der Waals surface area (Å²) in [6.45, 7) is 0. The maximum Gasteiger partial charge on any atom is -0.0112 e. The van der Waals surface area contributed by atoms with Gasteiger partial charge in [0.15, 0.2) is 0 Å². The van der Waals surface area contributed by atoms with Crippen molar-refractivity contribution in [3.63, 3.8) is 0 Å². The van der Waals surface area contributed by atoms with Crippen LogP contribution in [0.3, 0.4) is 0 Å². The number of allylic oxidation sites excluding steroid dienone is 2. The van der Waals surface area contributed by atoms with Gasteiger partial charge in [0.1, 0.15) is 0 Å². The normalized spacial score (nSPS) is 25.7. The molecule has 0 aromatic heterocycles. The molecule has 4 rings (SSSR count). The SMILES string of the molecule is C1=CC2(CCCc3ccc(-c4ccccc4)cc3)CCC1C2. The van der Waals surface area contributed by atoms with Gasteiger partial charge >= 0.3 is 0 Å². The van der Waals surface area contributed by atoms with Gasteiger partial charge in [-0.05, 0) is 66.5 Å². The van der Waals surface area contributed by atoms with Crippen molar-refractivity contribution in [1.82, 2.24) is 0 Å². The van der Waals surface area contributed by atoms with Crippen LogP contribution < -0.4 is 0 Å². The second kappa shape index (κ2) is 5.76. The first-order valence-electron chi connectivity index (χ1n) is 8.67. The zero-order valence-electron chi connectivity index (χ0n) is 13.2. The molecule has 0 spiro atoms. The molecule has 2 unspecified atom stereocenters. The second-order valence-electron chi connectivity index (χ2n) is 7.14. The Labute approximate surface area is 133 Å². The maximum atomic E-state index is 2.53. The highest BCUT2D eigenvalue weighted by atomic mass is 14.4. The minimum Gasteiger partial charge on any atom is -0.0848 e. The van der Waals surface area contributed by atoms with Crippen molar-refractivity contribution in [2.24, 2.45) is 11.3 Å². The van der Waals surface area contributed by atoms with Crippen molar-refractivity contribution in [2.75, 3.05) is 0 Å². The van der Waals surface area contributed by atoms with Crippen LogP contribution in [0.5, 0.6) is 0 Å². The molecule has 2 aliphatic carbocycles. The summed E-state index contributed by atoms with van der Waals surface area (Å²) in [6, 6.07) is 19.8. The lowest BCUT2D eigenvalue weighted by Gasteiger charge is -2.23. The van der Waals surface area contributed by atoms with E-state index in [-0.39, 0.29) is 0 Å². The predicted octanol–water partition coefficient (Wildman–Crippen LogP) is 6.03. The monoisotopic (exact) mass is 288 g/mol. The van der Waals surface area contributed by atoms with Gasteiger partial charge in [-0.3, -0.25) is 0 Å². The fraction of sp³-hybridized carbons (Fsp3) is 0.364. The van der Waals surface area contributed by atoms with Gasteiger partial charge in [-0.2, -0.15) is 0 Å². The summed E-state index contributed by atoms with van der Waals surface area (Å²) < 4.78 is 0. The van der Waals surface area contributed by atoms with Crippen LogP contribution in [0, 0.1) is 11.3 Å². The second-order valence-corrected chi connectivity index (χ2v) is 7.14. The van der Waals surface area contributed by atoms with Gasteiger partial charge in [0.2, 0.25) is 0 Å². The molecule has 0 heteroatoms. The van der Waals surface area contributed by atoms with E-state index in [0.717, 1.165) is 5.92 Å². The van der Waals surface area contributed by atoms with E-state index in [1.165, 1.54) is 55.2 Å². The van der Waals surface area contributed by atoms with Gasteiger partial charge < -0.3 is 0 Å².